The highest BCUT2D eigenvalue weighted by atomic mass is 14.8. The van der Waals surface area contributed by atoms with E-state index < -0.39 is 0 Å². The van der Waals surface area contributed by atoms with Crippen LogP contribution in [-0.4, -0.2) is 4.98 Å². The van der Waals surface area contributed by atoms with Gasteiger partial charge in [0, 0.05) is 12.2 Å². The first-order valence-corrected chi connectivity index (χ1v) is 6.64. The Kier molecular flexibility index (Phi) is 5.13. The van der Waals surface area contributed by atoms with Crippen LogP contribution in [0.2, 0.25) is 0 Å². The number of hydrogen-bond donors (Lipinski definition) is 1. The third kappa shape index (κ3) is 4.12. The Hall–Kier alpha value is -0.890. The lowest BCUT2D eigenvalue weighted by atomic mass is 9.90. The van der Waals surface area contributed by atoms with Crippen LogP contribution >= 0.6 is 0 Å². The molecule has 1 rings (SSSR count). The predicted octanol–water partition coefficient (Wildman–Crippen LogP) is 3.50. The van der Waals surface area contributed by atoms with Crippen LogP contribution in [-0.2, 0) is 12.8 Å². The zero-order valence-electron chi connectivity index (χ0n) is 11.8. The van der Waals surface area contributed by atoms with Crippen molar-refractivity contribution in [3.8, 4) is 0 Å². The van der Waals surface area contributed by atoms with E-state index >= 15 is 0 Å². The van der Waals surface area contributed by atoms with E-state index in [0.29, 0.717) is 11.8 Å². The van der Waals surface area contributed by atoms with Gasteiger partial charge in [-0.2, -0.15) is 0 Å². The first-order chi connectivity index (χ1) is 7.91. The van der Waals surface area contributed by atoms with Crippen LogP contribution in [0, 0.1) is 11.8 Å². The van der Waals surface area contributed by atoms with E-state index in [-0.39, 0.29) is 6.04 Å². The summed E-state index contributed by atoms with van der Waals surface area (Å²) < 4.78 is 0. The van der Waals surface area contributed by atoms with Gasteiger partial charge in [0.25, 0.3) is 0 Å². The minimum atomic E-state index is 0.0239. The summed E-state index contributed by atoms with van der Waals surface area (Å²) >= 11 is 0. The lowest BCUT2D eigenvalue weighted by molar-refractivity contribution is 0.601. The molecule has 1 atom stereocenters. The van der Waals surface area contributed by atoms with Crippen LogP contribution in [0.25, 0.3) is 0 Å². The first kappa shape index (κ1) is 14.2. The summed E-state index contributed by atoms with van der Waals surface area (Å²) in [6.45, 7) is 11.0. The number of nitrogens with zero attached hydrogens (tertiary/aromatic N) is 1. The van der Waals surface area contributed by atoms with Crippen molar-refractivity contribution in [3.05, 3.63) is 29.1 Å². The number of hydrogen-bond acceptors (Lipinski definition) is 2. The average molecular weight is 234 g/mol. The molecule has 0 bridgehead atoms. The van der Waals surface area contributed by atoms with Crippen LogP contribution in [0.15, 0.2) is 12.3 Å². The highest BCUT2D eigenvalue weighted by molar-refractivity contribution is 5.32. The first-order valence-electron chi connectivity index (χ1n) is 6.64. The second-order valence-electron chi connectivity index (χ2n) is 5.82. The van der Waals surface area contributed by atoms with Crippen LogP contribution in [0.3, 0.4) is 0 Å². The maximum Gasteiger partial charge on any atom is 0.0602 e. The fourth-order valence-corrected chi connectivity index (χ4v) is 2.22. The Morgan fingerprint density at radius 2 is 1.65 bits per heavy atom. The van der Waals surface area contributed by atoms with Crippen LogP contribution in [0.5, 0.6) is 0 Å². The lowest BCUT2D eigenvalue weighted by Crippen LogP contribution is -2.15. The fraction of sp³-hybridized carbons (Fsp3) is 0.667. The SMILES string of the molecule is CC(C)Cc1ccnc(C(C)N)c1CC(C)C. The monoisotopic (exact) mass is 234 g/mol. The molecule has 0 aliphatic heterocycles. The summed E-state index contributed by atoms with van der Waals surface area (Å²) in [6.07, 6.45) is 4.09. The molecule has 0 fully saturated rings. The number of nitrogens with two attached hydrogens (primary N) is 1. The molecule has 0 aliphatic carbocycles. The summed E-state index contributed by atoms with van der Waals surface area (Å²) in [4.78, 5) is 4.47. The standard InChI is InChI=1S/C15H26N2/c1-10(2)8-13-6-7-17-15(12(5)16)14(13)9-11(3)4/h6-7,10-12H,8-9,16H2,1-5H3. The van der Waals surface area contributed by atoms with Gasteiger partial charge in [-0.15, -0.1) is 0 Å². The van der Waals surface area contributed by atoms with Gasteiger partial charge in [-0.1, -0.05) is 27.7 Å². The molecular formula is C15H26N2. The van der Waals surface area contributed by atoms with Gasteiger partial charge in [-0.05, 0) is 48.8 Å². The molecule has 0 amide bonds. The molecular weight excluding hydrogens is 208 g/mol. The van der Waals surface area contributed by atoms with Crippen molar-refractivity contribution in [1.82, 2.24) is 4.98 Å². The minimum Gasteiger partial charge on any atom is -0.323 e. The van der Waals surface area contributed by atoms with Crippen LogP contribution < -0.4 is 5.73 Å². The Morgan fingerprint density at radius 3 is 2.12 bits per heavy atom. The molecule has 0 saturated heterocycles. The molecule has 0 aliphatic rings. The van der Waals surface area contributed by atoms with Gasteiger partial charge in [-0.25, -0.2) is 0 Å². The summed E-state index contributed by atoms with van der Waals surface area (Å²) in [5.74, 6) is 1.31. The second-order valence-corrected chi connectivity index (χ2v) is 5.82. The number of rotatable bonds is 5. The number of pyridine rings is 1. The van der Waals surface area contributed by atoms with Crippen molar-refractivity contribution in [2.75, 3.05) is 0 Å². The summed E-state index contributed by atoms with van der Waals surface area (Å²) in [5.41, 5.74) is 9.92. The summed E-state index contributed by atoms with van der Waals surface area (Å²) in [6, 6.07) is 2.18. The van der Waals surface area contributed by atoms with Crippen molar-refractivity contribution in [2.24, 2.45) is 17.6 Å². The van der Waals surface area contributed by atoms with Gasteiger partial charge in [0.05, 0.1) is 5.69 Å². The maximum absolute atomic E-state index is 6.03. The van der Waals surface area contributed by atoms with Crippen molar-refractivity contribution in [1.29, 1.82) is 0 Å². The summed E-state index contributed by atoms with van der Waals surface area (Å²) in [7, 11) is 0. The van der Waals surface area contributed by atoms with E-state index in [1.165, 1.54) is 11.1 Å². The molecule has 0 saturated carbocycles. The van der Waals surface area contributed by atoms with Gasteiger partial charge in [0.2, 0.25) is 0 Å². The molecule has 2 heteroatoms. The van der Waals surface area contributed by atoms with Crippen molar-refractivity contribution in [2.45, 2.75) is 53.5 Å². The molecule has 0 radical (unpaired) electrons. The minimum absolute atomic E-state index is 0.0239. The van der Waals surface area contributed by atoms with Gasteiger partial charge in [0.1, 0.15) is 0 Å². The Bertz CT molecular complexity index is 354. The van der Waals surface area contributed by atoms with Crippen LogP contribution in [0.1, 0.15) is 57.5 Å². The fourth-order valence-electron chi connectivity index (χ4n) is 2.22. The molecule has 1 aromatic heterocycles. The van der Waals surface area contributed by atoms with Crippen molar-refractivity contribution >= 4 is 0 Å². The molecule has 96 valence electrons. The zero-order chi connectivity index (χ0) is 13.0. The molecule has 0 spiro atoms. The third-order valence-electron chi connectivity index (χ3n) is 2.86. The largest absolute Gasteiger partial charge is 0.323 e. The van der Waals surface area contributed by atoms with E-state index in [4.69, 9.17) is 5.73 Å². The van der Waals surface area contributed by atoms with Gasteiger partial charge < -0.3 is 5.73 Å². The van der Waals surface area contributed by atoms with E-state index in [0.717, 1.165) is 18.5 Å². The maximum atomic E-state index is 6.03. The topological polar surface area (TPSA) is 38.9 Å². The van der Waals surface area contributed by atoms with Crippen molar-refractivity contribution in [3.63, 3.8) is 0 Å². The molecule has 1 unspecified atom stereocenters. The van der Waals surface area contributed by atoms with Crippen LogP contribution in [0.4, 0.5) is 0 Å². The van der Waals surface area contributed by atoms with E-state index in [9.17, 15) is 0 Å². The molecule has 2 N–H and O–H groups in total. The highest BCUT2D eigenvalue weighted by Crippen LogP contribution is 2.23. The predicted molar refractivity (Wildman–Crippen MR) is 73.9 cm³/mol. The quantitative estimate of drug-likeness (QED) is 0.847. The molecule has 1 heterocycles. The molecule has 1 aromatic rings. The average Bonchev–Trinajstić information content (AvgIpc) is 2.18. The van der Waals surface area contributed by atoms with E-state index in [1.54, 1.807) is 0 Å². The Labute approximate surface area is 106 Å². The number of aromatic nitrogens is 1. The van der Waals surface area contributed by atoms with E-state index in [1.807, 2.05) is 13.1 Å². The summed E-state index contributed by atoms with van der Waals surface area (Å²) in [5, 5.41) is 0. The smallest absolute Gasteiger partial charge is 0.0602 e. The molecule has 17 heavy (non-hydrogen) atoms. The van der Waals surface area contributed by atoms with Gasteiger partial charge in [-0.3, -0.25) is 4.98 Å². The molecule has 0 aromatic carbocycles. The van der Waals surface area contributed by atoms with E-state index in [2.05, 4.69) is 38.7 Å². The third-order valence-corrected chi connectivity index (χ3v) is 2.86. The second kappa shape index (κ2) is 6.15. The van der Waals surface area contributed by atoms with Gasteiger partial charge >= 0.3 is 0 Å². The Balaban J connectivity index is 3.14. The highest BCUT2D eigenvalue weighted by Gasteiger charge is 2.14. The lowest BCUT2D eigenvalue weighted by Gasteiger charge is -2.18. The molecule has 2 nitrogen and oxygen atoms in total. The Morgan fingerprint density at radius 1 is 1.06 bits per heavy atom. The van der Waals surface area contributed by atoms with Crippen molar-refractivity contribution < 1.29 is 0 Å². The zero-order valence-corrected chi connectivity index (χ0v) is 11.8. The normalized spacial score (nSPS) is 13.4. The van der Waals surface area contributed by atoms with Gasteiger partial charge in [0.15, 0.2) is 0 Å².